The number of para-hydroxylation sites is 1. The number of rotatable bonds is 4. The molecule has 0 bridgehead atoms. The van der Waals surface area contributed by atoms with E-state index in [2.05, 4.69) is 18.2 Å². The summed E-state index contributed by atoms with van der Waals surface area (Å²) in [6.45, 7) is 1.50. The van der Waals surface area contributed by atoms with Gasteiger partial charge in [-0.3, -0.25) is 0 Å². The predicted molar refractivity (Wildman–Crippen MR) is 75.4 cm³/mol. The fourth-order valence-corrected chi connectivity index (χ4v) is 3.16. The van der Waals surface area contributed by atoms with Gasteiger partial charge in [0.1, 0.15) is 11.9 Å². The van der Waals surface area contributed by atoms with Gasteiger partial charge in [0.15, 0.2) is 0 Å². The van der Waals surface area contributed by atoms with Crippen LogP contribution in [0, 0.1) is 0 Å². The van der Waals surface area contributed by atoms with Crippen LogP contribution >= 0.6 is 0 Å². The molecule has 1 saturated heterocycles. The van der Waals surface area contributed by atoms with Gasteiger partial charge >= 0.3 is 0 Å². The van der Waals surface area contributed by atoms with Crippen LogP contribution in [0.2, 0.25) is 0 Å². The molecule has 19 heavy (non-hydrogen) atoms. The highest BCUT2D eigenvalue weighted by Gasteiger charge is 2.43. The van der Waals surface area contributed by atoms with Crippen LogP contribution in [-0.2, 0) is 11.2 Å². The van der Waals surface area contributed by atoms with E-state index in [0.717, 1.165) is 31.6 Å². The Bertz CT molecular complexity index is 429. The van der Waals surface area contributed by atoms with Gasteiger partial charge in [0.2, 0.25) is 0 Å². The molecule has 1 aliphatic carbocycles. The van der Waals surface area contributed by atoms with Gasteiger partial charge in [-0.05, 0) is 43.9 Å². The molecule has 1 aromatic carbocycles. The van der Waals surface area contributed by atoms with Crippen LogP contribution in [0.25, 0.3) is 0 Å². The molecule has 0 aromatic heterocycles. The van der Waals surface area contributed by atoms with E-state index in [1.165, 1.54) is 24.8 Å². The molecule has 1 heterocycles. The minimum atomic E-state index is 0.145. The van der Waals surface area contributed by atoms with Crippen LogP contribution in [0.1, 0.15) is 37.7 Å². The highest BCUT2D eigenvalue weighted by molar-refractivity contribution is 5.33. The summed E-state index contributed by atoms with van der Waals surface area (Å²) in [5, 5.41) is 0. The summed E-state index contributed by atoms with van der Waals surface area (Å²) < 4.78 is 12.2. The minimum Gasteiger partial charge on any atom is -0.490 e. The fourth-order valence-electron chi connectivity index (χ4n) is 3.16. The zero-order valence-electron chi connectivity index (χ0n) is 11.4. The Labute approximate surface area is 115 Å². The molecule has 3 nitrogen and oxygen atoms in total. The first-order valence-electron chi connectivity index (χ1n) is 7.40. The van der Waals surface area contributed by atoms with Crippen molar-refractivity contribution in [1.82, 2.24) is 0 Å². The van der Waals surface area contributed by atoms with Crippen molar-refractivity contribution in [2.45, 2.75) is 50.2 Å². The maximum Gasteiger partial charge on any atom is 0.122 e. The van der Waals surface area contributed by atoms with Crippen molar-refractivity contribution in [2.75, 3.05) is 13.2 Å². The second-order valence-corrected chi connectivity index (χ2v) is 5.76. The van der Waals surface area contributed by atoms with E-state index < -0.39 is 0 Å². The molecule has 1 unspecified atom stereocenters. The van der Waals surface area contributed by atoms with Crippen LogP contribution in [0.15, 0.2) is 24.3 Å². The van der Waals surface area contributed by atoms with Gasteiger partial charge in [-0.1, -0.05) is 18.2 Å². The largest absolute Gasteiger partial charge is 0.490 e. The quantitative estimate of drug-likeness (QED) is 0.906. The van der Waals surface area contributed by atoms with Gasteiger partial charge in [-0.2, -0.15) is 0 Å². The Hall–Kier alpha value is -1.06. The van der Waals surface area contributed by atoms with Crippen molar-refractivity contribution in [3.63, 3.8) is 0 Å². The van der Waals surface area contributed by atoms with Crippen molar-refractivity contribution in [3.8, 4) is 5.75 Å². The molecular formula is C16H23NO2. The monoisotopic (exact) mass is 261 g/mol. The topological polar surface area (TPSA) is 44.5 Å². The smallest absolute Gasteiger partial charge is 0.122 e. The zero-order chi connectivity index (χ0) is 13.1. The third kappa shape index (κ3) is 2.77. The molecule has 0 amide bonds. The van der Waals surface area contributed by atoms with Crippen molar-refractivity contribution >= 4 is 0 Å². The molecule has 3 heteroatoms. The Morgan fingerprint density at radius 2 is 2.16 bits per heavy atom. The van der Waals surface area contributed by atoms with Gasteiger partial charge in [0.25, 0.3) is 0 Å². The minimum absolute atomic E-state index is 0.145. The predicted octanol–water partition coefficient (Wildman–Crippen LogP) is 2.67. The summed E-state index contributed by atoms with van der Waals surface area (Å²) in [7, 11) is 0. The second-order valence-electron chi connectivity index (χ2n) is 5.76. The number of hydrogen-bond acceptors (Lipinski definition) is 3. The Balaban J connectivity index is 1.67. The van der Waals surface area contributed by atoms with Crippen molar-refractivity contribution in [3.05, 3.63) is 29.8 Å². The van der Waals surface area contributed by atoms with E-state index in [1.807, 2.05) is 6.07 Å². The summed E-state index contributed by atoms with van der Waals surface area (Å²) in [6, 6.07) is 8.26. The van der Waals surface area contributed by atoms with Crippen LogP contribution in [0.4, 0.5) is 0 Å². The lowest BCUT2D eigenvalue weighted by molar-refractivity contribution is -0.153. The molecule has 1 aliphatic heterocycles. The maximum absolute atomic E-state index is 6.23. The van der Waals surface area contributed by atoms with Crippen LogP contribution in [0.3, 0.4) is 0 Å². The molecule has 1 saturated carbocycles. The number of ether oxygens (including phenoxy) is 2. The fraction of sp³-hybridized carbons (Fsp3) is 0.625. The van der Waals surface area contributed by atoms with Crippen molar-refractivity contribution in [1.29, 1.82) is 0 Å². The Kier molecular flexibility index (Phi) is 3.76. The van der Waals surface area contributed by atoms with Crippen LogP contribution < -0.4 is 10.5 Å². The highest BCUT2D eigenvalue weighted by atomic mass is 16.5. The first kappa shape index (κ1) is 12.9. The number of hydrogen-bond donors (Lipinski definition) is 1. The Morgan fingerprint density at radius 3 is 2.89 bits per heavy atom. The normalized spacial score (nSPS) is 25.0. The summed E-state index contributed by atoms with van der Waals surface area (Å²) >= 11 is 0. The summed E-state index contributed by atoms with van der Waals surface area (Å²) in [6.07, 6.45) is 6.94. The van der Waals surface area contributed by atoms with Gasteiger partial charge in [-0.15, -0.1) is 0 Å². The molecule has 2 fully saturated rings. The van der Waals surface area contributed by atoms with Crippen LogP contribution in [-0.4, -0.2) is 24.9 Å². The molecular weight excluding hydrogens is 238 g/mol. The summed E-state index contributed by atoms with van der Waals surface area (Å²) in [5.41, 5.74) is 7.03. The van der Waals surface area contributed by atoms with E-state index in [-0.39, 0.29) is 5.60 Å². The van der Waals surface area contributed by atoms with Crippen LogP contribution in [0.5, 0.6) is 5.75 Å². The maximum atomic E-state index is 6.23. The SMILES string of the molecule is NCCc1ccccc1OC1CCOC2(CCC2)C1. The molecule has 1 atom stereocenters. The lowest BCUT2D eigenvalue weighted by atomic mass is 9.74. The molecule has 1 spiro atoms. The molecule has 0 radical (unpaired) electrons. The van der Waals surface area contributed by atoms with Gasteiger partial charge < -0.3 is 15.2 Å². The standard InChI is InChI=1S/C16H23NO2/c17-10-6-13-4-1-2-5-15(13)19-14-7-11-18-16(12-14)8-3-9-16/h1-2,4-5,14H,3,6-12,17H2. The average Bonchev–Trinajstić information content (AvgIpc) is 2.40. The summed E-state index contributed by atoms with van der Waals surface area (Å²) in [4.78, 5) is 0. The lowest BCUT2D eigenvalue weighted by Gasteiger charge is -2.47. The van der Waals surface area contributed by atoms with E-state index in [0.29, 0.717) is 12.6 Å². The first-order chi connectivity index (χ1) is 9.31. The molecule has 104 valence electrons. The average molecular weight is 261 g/mol. The number of nitrogens with two attached hydrogens (primary N) is 1. The third-order valence-corrected chi connectivity index (χ3v) is 4.39. The molecule has 1 aromatic rings. The van der Waals surface area contributed by atoms with Gasteiger partial charge in [0.05, 0.1) is 12.2 Å². The first-order valence-corrected chi connectivity index (χ1v) is 7.40. The van der Waals surface area contributed by atoms with Crippen molar-refractivity contribution < 1.29 is 9.47 Å². The van der Waals surface area contributed by atoms with Gasteiger partial charge in [-0.25, -0.2) is 0 Å². The van der Waals surface area contributed by atoms with E-state index in [4.69, 9.17) is 15.2 Å². The number of benzene rings is 1. The lowest BCUT2D eigenvalue weighted by Crippen LogP contribution is -2.48. The summed E-state index contributed by atoms with van der Waals surface area (Å²) in [5.74, 6) is 1.01. The Morgan fingerprint density at radius 1 is 1.32 bits per heavy atom. The molecule has 2 N–H and O–H groups in total. The second kappa shape index (κ2) is 5.51. The molecule has 3 rings (SSSR count). The van der Waals surface area contributed by atoms with E-state index >= 15 is 0 Å². The zero-order valence-corrected chi connectivity index (χ0v) is 11.4. The molecule has 2 aliphatic rings. The highest BCUT2D eigenvalue weighted by Crippen LogP contribution is 2.43. The van der Waals surface area contributed by atoms with Gasteiger partial charge in [0, 0.05) is 12.8 Å². The third-order valence-electron chi connectivity index (χ3n) is 4.39. The van der Waals surface area contributed by atoms with Crippen molar-refractivity contribution in [2.24, 2.45) is 5.73 Å². The van der Waals surface area contributed by atoms with E-state index in [9.17, 15) is 0 Å². The van der Waals surface area contributed by atoms with E-state index in [1.54, 1.807) is 0 Å².